The summed E-state index contributed by atoms with van der Waals surface area (Å²) < 4.78 is 51.2. The average molecular weight is 448 g/mol. The lowest BCUT2D eigenvalue weighted by molar-refractivity contribution is -0.0887. The van der Waals surface area contributed by atoms with Crippen LogP contribution in [-0.4, -0.2) is 34.1 Å². The smallest absolute Gasteiger partial charge is 0.416 e. The minimum Gasteiger partial charge on any atom is -0.460 e. The zero-order valence-electron chi connectivity index (χ0n) is 16.9. The van der Waals surface area contributed by atoms with Crippen LogP contribution in [0.5, 0.6) is 17.2 Å². The van der Waals surface area contributed by atoms with E-state index in [9.17, 15) is 13.2 Å². The molecule has 2 N–H and O–H groups in total. The highest BCUT2D eigenvalue weighted by molar-refractivity contribution is 6.08. The molecule has 7 rings (SSSR count). The molecule has 0 saturated carbocycles. The van der Waals surface area contributed by atoms with Gasteiger partial charge >= 0.3 is 6.18 Å². The van der Waals surface area contributed by atoms with Gasteiger partial charge in [-0.2, -0.15) is 13.2 Å². The van der Waals surface area contributed by atoms with Crippen molar-refractivity contribution >= 4 is 16.9 Å². The Morgan fingerprint density at radius 1 is 1.12 bits per heavy atom. The van der Waals surface area contributed by atoms with Crippen molar-refractivity contribution in [2.45, 2.75) is 24.2 Å². The molecular formula is C24H15F3N4O2. The number of aromatic amines is 1. The first-order valence-corrected chi connectivity index (χ1v) is 10.4. The largest absolute Gasteiger partial charge is 0.460 e. The van der Waals surface area contributed by atoms with Gasteiger partial charge in [0.25, 0.3) is 0 Å². The van der Waals surface area contributed by atoms with Gasteiger partial charge in [-0.1, -0.05) is 12.2 Å². The van der Waals surface area contributed by atoms with E-state index in [0.717, 1.165) is 39.8 Å². The second-order valence-corrected chi connectivity index (χ2v) is 8.28. The molecule has 164 valence electrons. The van der Waals surface area contributed by atoms with E-state index in [0.29, 0.717) is 17.3 Å². The highest BCUT2D eigenvalue weighted by Crippen LogP contribution is 2.58. The number of aliphatic imine (C=N–C) groups is 1. The van der Waals surface area contributed by atoms with Gasteiger partial charge < -0.3 is 19.8 Å². The molecule has 2 aromatic heterocycles. The molecule has 0 amide bonds. The van der Waals surface area contributed by atoms with Gasteiger partial charge in [0.15, 0.2) is 0 Å². The van der Waals surface area contributed by atoms with Crippen LogP contribution < -0.4 is 14.8 Å². The highest BCUT2D eigenvalue weighted by atomic mass is 19.4. The molecule has 33 heavy (non-hydrogen) atoms. The number of H-pyrrole nitrogens is 1. The Labute approximate surface area is 185 Å². The standard InChI is InChI=1S/C24H15F3N4O2/c25-24(26,27)11-1-3-15-16(9-11)31-23(30-15)20-19-14-10-12(2-4-17(14)33-21(19)20)32-18-6-8-29-22-13(18)5-7-28-22/h1-10,15-16,19H,(H,28,29)(H,30,31). The monoisotopic (exact) mass is 448 g/mol. The number of amidine groups is 1. The van der Waals surface area contributed by atoms with Gasteiger partial charge in [-0.25, -0.2) is 4.98 Å². The fourth-order valence-corrected chi connectivity index (χ4v) is 4.65. The number of hydrogen-bond donors (Lipinski definition) is 2. The van der Waals surface area contributed by atoms with Crippen molar-refractivity contribution < 1.29 is 22.6 Å². The molecule has 6 nitrogen and oxygen atoms in total. The minimum absolute atomic E-state index is 0.0604. The van der Waals surface area contributed by atoms with Crippen LogP contribution >= 0.6 is 0 Å². The van der Waals surface area contributed by atoms with Crippen LogP contribution in [0.1, 0.15) is 11.5 Å². The van der Waals surface area contributed by atoms with Crippen molar-refractivity contribution in [3.63, 3.8) is 0 Å². The van der Waals surface area contributed by atoms with Gasteiger partial charge in [-0.15, -0.1) is 0 Å². The molecule has 1 aromatic carbocycles. The van der Waals surface area contributed by atoms with Crippen LogP contribution in [0.3, 0.4) is 0 Å². The third kappa shape index (κ3) is 2.81. The molecule has 3 unspecified atom stereocenters. The highest BCUT2D eigenvalue weighted by Gasteiger charge is 2.52. The van der Waals surface area contributed by atoms with E-state index in [1.54, 1.807) is 12.3 Å². The van der Waals surface area contributed by atoms with Crippen molar-refractivity contribution in [2.24, 2.45) is 4.99 Å². The molecule has 0 saturated heterocycles. The molecule has 4 aliphatic rings. The average Bonchev–Trinajstić information content (AvgIpc) is 3.18. The van der Waals surface area contributed by atoms with Crippen molar-refractivity contribution in [1.29, 1.82) is 0 Å². The number of fused-ring (bicyclic) bond motifs is 5. The first-order valence-electron chi connectivity index (χ1n) is 10.4. The van der Waals surface area contributed by atoms with Gasteiger partial charge in [-0.3, -0.25) is 4.99 Å². The number of benzene rings is 1. The summed E-state index contributed by atoms with van der Waals surface area (Å²) in [6.45, 7) is 0. The molecule has 0 spiro atoms. The van der Waals surface area contributed by atoms with Crippen molar-refractivity contribution in [3.05, 3.63) is 83.4 Å². The van der Waals surface area contributed by atoms with Crippen LogP contribution in [0.15, 0.2) is 82.9 Å². The second kappa shape index (κ2) is 6.28. The van der Waals surface area contributed by atoms with Crippen molar-refractivity contribution in [1.82, 2.24) is 15.3 Å². The number of allylic oxidation sites excluding steroid dienone is 3. The van der Waals surface area contributed by atoms with E-state index >= 15 is 0 Å². The normalized spacial score (nSPS) is 24.5. The molecule has 2 aliphatic heterocycles. The Hall–Kier alpha value is -4.01. The molecule has 0 radical (unpaired) electrons. The number of pyridine rings is 1. The molecule has 0 bridgehead atoms. The van der Waals surface area contributed by atoms with Crippen LogP contribution in [0, 0.1) is 0 Å². The van der Waals surface area contributed by atoms with Gasteiger partial charge in [0.05, 0.1) is 29.0 Å². The summed E-state index contributed by atoms with van der Waals surface area (Å²) >= 11 is 0. The van der Waals surface area contributed by atoms with Crippen molar-refractivity contribution in [2.75, 3.05) is 0 Å². The number of hydrogen-bond acceptors (Lipinski definition) is 5. The number of aromatic nitrogens is 2. The van der Waals surface area contributed by atoms with Gasteiger partial charge in [0.1, 0.15) is 34.5 Å². The van der Waals surface area contributed by atoms with E-state index in [-0.39, 0.29) is 12.0 Å². The lowest BCUT2D eigenvalue weighted by atomic mass is 9.99. The predicted octanol–water partition coefficient (Wildman–Crippen LogP) is 4.90. The topological polar surface area (TPSA) is 71.5 Å². The fraction of sp³-hybridized carbons (Fsp3) is 0.167. The summed E-state index contributed by atoms with van der Waals surface area (Å²) in [7, 11) is 0. The minimum atomic E-state index is -4.37. The van der Waals surface area contributed by atoms with E-state index in [4.69, 9.17) is 9.47 Å². The molecule has 3 atom stereocenters. The Morgan fingerprint density at radius 2 is 2.03 bits per heavy atom. The maximum absolute atomic E-state index is 13.1. The summed E-state index contributed by atoms with van der Waals surface area (Å²) in [5.41, 5.74) is 1.94. The number of ether oxygens (including phenoxy) is 2. The van der Waals surface area contributed by atoms with Crippen molar-refractivity contribution in [3.8, 4) is 17.2 Å². The maximum atomic E-state index is 13.1. The molecule has 4 heterocycles. The SMILES string of the molecule is FC(F)(F)C1=CC2NC(C3=C4Oc5ccc(Oc6ccnc7[nH]ccc67)cc5C43)=NC2C=C1. The Bertz CT molecular complexity index is 1460. The van der Waals surface area contributed by atoms with Crippen LogP contribution in [0.4, 0.5) is 13.2 Å². The summed E-state index contributed by atoms with van der Waals surface area (Å²) in [6.07, 6.45) is 2.90. The fourth-order valence-electron chi connectivity index (χ4n) is 4.65. The van der Waals surface area contributed by atoms with Gasteiger partial charge in [0.2, 0.25) is 0 Å². The maximum Gasteiger partial charge on any atom is 0.416 e. The zero-order chi connectivity index (χ0) is 22.3. The lowest BCUT2D eigenvalue weighted by Gasteiger charge is -2.19. The predicted molar refractivity (Wildman–Crippen MR) is 114 cm³/mol. The number of rotatable bonds is 3. The van der Waals surface area contributed by atoms with E-state index in [1.807, 2.05) is 30.5 Å². The van der Waals surface area contributed by atoms with E-state index in [1.165, 1.54) is 12.2 Å². The van der Waals surface area contributed by atoms with Gasteiger partial charge in [-0.05, 0) is 36.4 Å². The Morgan fingerprint density at radius 3 is 2.91 bits per heavy atom. The third-order valence-corrected chi connectivity index (χ3v) is 6.26. The molecular weight excluding hydrogens is 433 g/mol. The Kier molecular flexibility index (Phi) is 3.53. The number of nitrogens with one attached hydrogen (secondary N) is 2. The number of halogens is 3. The van der Waals surface area contributed by atoms with Gasteiger partial charge in [0, 0.05) is 23.5 Å². The van der Waals surface area contributed by atoms with E-state index < -0.39 is 17.8 Å². The first-order chi connectivity index (χ1) is 16.0. The molecule has 9 heteroatoms. The summed E-state index contributed by atoms with van der Waals surface area (Å²) in [4.78, 5) is 11.9. The number of alkyl halides is 3. The third-order valence-electron chi connectivity index (χ3n) is 6.26. The summed E-state index contributed by atoms with van der Waals surface area (Å²) in [5.74, 6) is 3.42. The van der Waals surface area contributed by atoms with Crippen LogP contribution in [0.2, 0.25) is 0 Å². The molecule has 0 fully saturated rings. The lowest BCUT2D eigenvalue weighted by Crippen LogP contribution is -2.35. The summed E-state index contributed by atoms with van der Waals surface area (Å²) in [5, 5.41) is 4.01. The second-order valence-electron chi connectivity index (χ2n) is 8.28. The van der Waals surface area contributed by atoms with Crippen LogP contribution in [-0.2, 0) is 0 Å². The number of nitrogens with zero attached hydrogens (tertiary/aromatic N) is 2. The zero-order valence-corrected chi connectivity index (χ0v) is 16.9. The molecule has 2 aliphatic carbocycles. The Balaban J connectivity index is 1.13. The summed E-state index contributed by atoms with van der Waals surface area (Å²) in [6, 6.07) is 8.48. The van der Waals surface area contributed by atoms with Crippen LogP contribution in [0.25, 0.3) is 11.0 Å². The quantitative estimate of drug-likeness (QED) is 0.598. The van der Waals surface area contributed by atoms with E-state index in [2.05, 4.69) is 20.3 Å². The molecule has 3 aromatic rings. The first kappa shape index (κ1) is 18.6.